The number of nitrogens with zero attached hydrogens (tertiary/aromatic N) is 1. The molecule has 0 fully saturated rings. The summed E-state index contributed by atoms with van der Waals surface area (Å²) in [6.07, 6.45) is 5.46. The summed E-state index contributed by atoms with van der Waals surface area (Å²) < 4.78 is 24.6. The third-order valence-corrected chi connectivity index (χ3v) is 4.54. The zero-order chi connectivity index (χ0) is 14.1. The topological polar surface area (TPSA) is 70.5 Å². The van der Waals surface area contributed by atoms with Crippen LogP contribution in [0, 0.1) is 4.78 Å². The van der Waals surface area contributed by atoms with Gasteiger partial charge in [0.05, 0.1) is 14.6 Å². The molecule has 1 aliphatic rings. The Morgan fingerprint density at radius 1 is 1.56 bits per heavy atom. The van der Waals surface area contributed by atoms with Crippen molar-refractivity contribution in [3.63, 3.8) is 0 Å². The molecule has 1 N–H and O–H groups in total. The van der Waals surface area contributed by atoms with Gasteiger partial charge in [0.25, 0.3) is 0 Å². The molecule has 0 aromatic heterocycles. The quantitative estimate of drug-likeness (QED) is 0.591. The first-order valence-corrected chi connectivity index (χ1v) is 8.18. The second kappa shape index (κ2) is 5.05. The zero-order valence-electron chi connectivity index (χ0n) is 10.8. The molecule has 0 aliphatic carbocycles. The van der Waals surface area contributed by atoms with E-state index < -0.39 is 26.4 Å². The summed E-state index contributed by atoms with van der Waals surface area (Å²) in [5, 5.41) is 0. The van der Waals surface area contributed by atoms with Crippen molar-refractivity contribution < 1.29 is 13.7 Å². The molecule has 2 atom stereocenters. The van der Waals surface area contributed by atoms with Gasteiger partial charge in [0.2, 0.25) is 0 Å². The highest BCUT2D eigenvalue weighted by atomic mass is 79.9. The minimum absolute atomic E-state index is 0.343. The second-order valence-corrected chi connectivity index (χ2v) is 8.00. The van der Waals surface area contributed by atoms with E-state index in [-0.39, 0.29) is 0 Å². The average Bonchev–Trinajstić information content (AvgIpc) is 2.12. The van der Waals surface area contributed by atoms with E-state index in [2.05, 4.69) is 15.9 Å². The van der Waals surface area contributed by atoms with E-state index >= 15 is 0 Å². The molecule has 7 heteroatoms. The number of carbonyl (C=O) groups is 1. The Labute approximate surface area is 116 Å². The fraction of sp³-hybridized carbons (Fsp3) is 0.545. The summed E-state index contributed by atoms with van der Waals surface area (Å²) in [5.41, 5.74) is -0.604. The third kappa shape index (κ3) is 3.84. The van der Waals surface area contributed by atoms with Gasteiger partial charge < -0.3 is 4.74 Å². The van der Waals surface area contributed by atoms with Crippen LogP contribution in [0.4, 0.5) is 4.79 Å². The highest BCUT2D eigenvalue weighted by molar-refractivity contribution is 9.09. The van der Waals surface area contributed by atoms with Crippen LogP contribution in [-0.4, -0.2) is 32.0 Å². The lowest BCUT2D eigenvalue weighted by Gasteiger charge is -2.31. The van der Waals surface area contributed by atoms with Crippen LogP contribution in [0.3, 0.4) is 0 Å². The molecule has 0 aromatic carbocycles. The highest BCUT2D eigenvalue weighted by Gasteiger charge is 2.31. The van der Waals surface area contributed by atoms with E-state index in [0.717, 1.165) is 0 Å². The lowest BCUT2D eigenvalue weighted by molar-refractivity contribution is 0.0337. The number of amides is 1. The van der Waals surface area contributed by atoms with Gasteiger partial charge in [-0.15, -0.1) is 0 Å². The largest absolute Gasteiger partial charge is 0.443 e. The molecule has 1 rings (SSSR count). The molecular weight excluding hydrogens is 320 g/mol. The van der Waals surface area contributed by atoms with Gasteiger partial charge in [-0.2, -0.15) is 0 Å². The van der Waals surface area contributed by atoms with Gasteiger partial charge in [-0.1, -0.05) is 15.9 Å². The molecule has 1 amide bonds. The van der Waals surface area contributed by atoms with Crippen LogP contribution in [0.5, 0.6) is 0 Å². The fourth-order valence-corrected chi connectivity index (χ4v) is 3.66. The smallest absolute Gasteiger partial charge is 0.415 e. The van der Waals surface area contributed by atoms with E-state index in [1.807, 2.05) is 0 Å². The number of hydrogen-bond acceptors (Lipinski definition) is 4. The molecule has 1 heterocycles. The van der Waals surface area contributed by atoms with Gasteiger partial charge in [-0.3, -0.25) is 4.90 Å². The fourth-order valence-electron chi connectivity index (χ4n) is 1.31. The lowest BCUT2D eigenvalue weighted by Crippen LogP contribution is -2.40. The zero-order valence-corrected chi connectivity index (χ0v) is 13.2. The van der Waals surface area contributed by atoms with Crippen LogP contribution in [0.2, 0.25) is 0 Å². The second-order valence-electron chi connectivity index (χ2n) is 4.98. The van der Waals surface area contributed by atoms with Gasteiger partial charge in [0.1, 0.15) is 10.6 Å². The maximum atomic E-state index is 11.9. The third-order valence-electron chi connectivity index (χ3n) is 2.04. The Morgan fingerprint density at radius 3 is 2.56 bits per heavy atom. The summed E-state index contributed by atoms with van der Waals surface area (Å²) >= 11 is 3.27. The van der Waals surface area contributed by atoms with E-state index in [9.17, 15) is 9.00 Å². The summed E-state index contributed by atoms with van der Waals surface area (Å²) in [6, 6.07) is 0. The standard InChI is InChI=1S/C11H17BrN2O3S/c1-11(2,3)17-10(15)14-7-5-6-8(9(14)12)18(4,13)16/h5-7,9,13H,1-4H3. The van der Waals surface area contributed by atoms with E-state index in [0.29, 0.717) is 4.91 Å². The van der Waals surface area contributed by atoms with Crippen molar-refractivity contribution in [1.29, 1.82) is 4.78 Å². The van der Waals surface area contributed by atoms with E-state index in [1.165, 1.54) is 17.4 Å². The van der Waals surface area contributed by atoms with Crippen molar-refractivity contribution >= 4 is 31.8 Å². The normalized spacial score (nSPS) is 23.3. The van der Waals surface area contributed by atoms with Gasteiger partial charge in [0, 0.05) is 12.5 Å². The Hall–Kier alpha value is -0.820. The molecule has 1 aliphatic heterocycles. The van der Waals surface area contributed by atoms with E-state index in [4.69, 9.17) is 9.52 Å². The molecule has 0 bridgehead atoms. The van der Waals surface area contributed by atoms with Crippen LogP contribution < -0.4 is 0 Å². The van der Waals surface area contributed by atoms with E-state index in [1.54, 1.807) is 32.9 Å². The number of alkyl halides is 1. The van der Waals surface area contributed by atoms with Crippen LogP contribution in [-0.2, 0) is 14.5 Å². The monoisotopic (exact) mass is 336 g/mol. The first-order valence-electron chi connectivity index (χ1n) is 5.30. The molecule has 0 aromatic rings. The average molecular weight is 337 g/mol. The van der Waals surface area contributed by atoms with Crippen molar-refractivity contribution in [3.8, 4) is 0 Å². The minimum Gasteiger partial charge on any atom is -0.443 e. The predicted octanol–water partition coefficient (Wildman–Crippen LogP) is 3.03. The van der Waals surface area contributed by atoms with Gasteiger partial charge in [-0.05, 0) is 32.9 Å². The van der Waals surface area contributed by atoms with Crippen molar-refractivity contribution in [2.45, 2.75) is 31.3 Å². The Bertz CT molecular complexity index is 503. The number of halogens is 1. The minimum atomic E-state index is -2.87. The van der Waals surface area contributed by atoms with Crippen LogP contribution in [0.25, 0.3) is 0 Å². The summed E-state index contributed by atoms with van der Waals surface area (Å²) in [4.78, 5) is 12.9. The summed E-state index contributed by atoms with van der Waals surface area (Å²) in [5.74, 6) is 0. The number of nitrogens with one attached hydrogen (secondary N) is 1. The molecule has 5 nitrogen and oxygen atoms in total. The van der Waals surface area contributed by atoms with Crippen molar-refractivity contribution in [2.24, 2.45) is 0 Å². The molecule has 0 saturated carbocycles. The lowest BCUT2D eigenvalue weighted by atomic mass is 10.2. The predicted molar refractivity (Wildman–Crippen MR) is 74.8 cm³/mol. The Morgan fingerprint density at radius 2 is 2.11 bits per heavy atom. The first-order chi connectivity index (χ1) is 8.02. The van der Waals surface area contributed by atoms with Crippen LogP contribution in [0.15, 0.2) is 23.3 Å². The molecule has 18 heavy (non-hydrogen) atoms. The molecule has 2 unspecified atom stereocenters. The molecule has 102 valence electrons. The molecule has 0 spiro atoms. The molecule has 0 radical (unpaired) electrons. The number of ether oxygens (including phenoxy) is 1. The number of rotatable bonds is 1. The van der Waals surface area contributed by atoms with Crippen molar-refractivity contribution in [1.82, 2.24) is 4.90 Å². The SMILES string of the molecule is CC(C)(C)OC(=O)N1C=CC=C(S(C)(=N)=O)C1Br. The number of allylic oxidation sites excluding steroid dienone is 2. The first kappa shape index (κ1) is 15.2. The summed E-state index contributed by atoms with van der Waals surface area (Å²) in [6.45, 7) is 5.31. The Kier molecular flexibility index (Phi) is 4.27. The van der Waals surface area contributed by atoms with Crippen LogP contribution >= 0.6 is 15.9 Å². The maximum Gasteiger partial charge on any atom is 0.415 e. The van der Waals surface area contributed by atoms with Gasteiger partial charge in [0.15, 0.2) is 0 Å². The van der Waals surface area contributed by atoms with Crippen molar-refractivity contribution in [2.75, 3.05) is 6.26 Å². The highest BCUT2D eigenvalue weighted by Crippen LogP contribution is 2.27. The Balaban J connectivity index is 2.94. The molecule has 0 saturated heterocycles. The summed E-state index contributed by atoms with van der Waals surface area (Å²) in [7, 11) is -2.87. The maximum absolute atomic E-state index is 11.9. The van der Waals surface area contributed by atoms with Gasteiger partial charge in [-0.25, -0.2) is 13.8 Å². The number of carbonyl (C=O) groups excluding carboxylic acids is 1. The van der Waals surface area contributed by atoms with Gasteiger partial charge >= 0.3 is 6.09 Å². The molecular formula is C11H17BrN2O3S. The van der Waals surface area contributed by atoms with Crippen molar-refractivity contribution in [3.05, 3.63) is 23.3 Å². The van der Waals surface area contributed by atoms with Crippen LogP contribution in [0.1, 0.15) is 20.8 Å². The number of hydrogen-bond donors (Lipinski definition) is 1.